The first-order chi connectivity index (χ1) is 17.9. The van der Waals surface area contributed by atoms with Gasteiger partial charge in [-0.1, -0.05) is 51.1 Å². The van der Waals surface area contributed by atoms with Crippen molar-refractivity contribution in [2.75, 3.05) is 10.6 Å². The van der Waals surface area contributed by atoms with Crippen LogP contribution in [0.3, 0.4) is 0 Å². The Bertz CT molecular complexity index is 1580. The SMILES string of the molecule is CC(C)(C)C1=C2C=NC=C[N+]2(N)C(c2ccc(NC(=O)Nc3cccc(C(F)(F)F)c3)c3ccccc23)=N1. The zero-order chi connectivity index (χ0) is 27.3. The summed E-state index contributed by atoms with van der Waals surface area (Å²) < 4.78 is 39.0. The quantitative estimate of drug-likeness (QED) is 0.263. The van der Waals surface area contributed by atoms with Crippen LogP contribution in [-0.4, -0.2) is 22.7 Å². The van der Waals surface area contributed by atoms with E-state index in [1.807, 2.05) is 30.3 Å². The maximum atomic E-state index is 13.1. The van der Waals surface area contributed by atoms with Gasteiger partial charge in [-0.15, -0.1) is 4.59 Å². The predicted octanol–water partition coefficient (Wildman–Crippen LogP) is 6.77. The van der Waals surface area contributed by atoms with Gasteiger partial charge in [0.25, 0.3) is 5.84 Å². The van der Waals surface area contributed by atoms with Crippen molar-refractivity contribution in [2.24, 2.45) is 21.2 Å². The molecule has 0 aromatic heterocycles. The van der Waals surface area contributed by atoms with Crippen molar-refractivity contribution in [3.8, 4) is 0 Å². The number of nitrogens with one attached hydrogen (secondary N) is 2. The molecular weight excluding hydrogens is 493 g/mol. The molecule has 1 atom stereocenters. The number of carbonyl (C=O) groups is 1. The number of amides is 2. The largest absolute Gasteiger partial charge is 0.416 e. The van der Waals surface area contributed by atoms with Gasteiger partial charge < -0.3 is 10.6 Å². The molecule has 4 N–H and O–H groups in total. The van der Waals surface area contributed by atoms with Gasteiger partial charge in [-0.05, 0) is 35.7 Å². The monoisotopic (exact) mass is 519 g/mol. The normalized spacial score (nSPS) is 19.0. The van der Waals surface area contributed by atoms with Crippen LogP contribution in [0.1, 0.15) is 31.9 Å². The number of rotatable bonds is 3. The minimum absolute atomic E-state index is 0.0278. The number of benzene rings is 3. The molecule has 5 rings (SSSR count). The number of aliphatic imine (C=N–C) groups is 2. The lowest BCUT2D eigenvalue weighted by molar-refractivity contribution is -0.750. The highest BCUT2D eigenvalue weighted by molar-refractivity contribution is 6.14. The number of urea groups is 1. The standard InChI is InChI=1S/C28H25F3N6O/c1-27(2,3)24-23-16-33-13-14-37(23,32)25(36-24)21-11-12-22(20-10-5-4-9-19(20)21)35-26(38)34-18-8-6-7-17(15-18)28(29,30)31/h4-16H,32H2,1-3H3,(H-,33,34,35,36,38)/p+1. The molecule has 0 saturated carbocycles. The third-order valence-electron chi connectivity index (χ3n) is 6.37. The van der Waals surface area contributed by atoms with Crippen LogP contribution in [0.25, 0.3) is 10.8 Å². The molecule has 0 aliphatic carbocycles. The summed E-state index contributed by atoms with van der Waals surface area (Å²) in [5.74, 6) is 7.49. The minimum atomic E-state index is -4.51. The third-order valence-corrected chi connectivity index (χ3v) is 6.37. The fourth-order valence-corrected chi connectivity index (χ4v) is 4.57. The van der Waals surface area contributed by atoms with Crippen molar-refractivity contribution in [2.45, 2.75) is 26.9 Å². The predicted molar refractivity (Wildman–Crippen MR) is 143 cm³/mol. The number of quaternary nitrogens is 1. The van der Waals surface area contributed by atoms with E-state index in [-0.39, 0.29) is 15.7 Å². The van der Waals surface area contributed by atoms with Crippen molar-refractivity contribution in [1.29, 1.82) is 0 Å². The van der Waals surface area contributed by atoms with Crippen LogP contribution in [0, 0.1) is 5.41 Å². The highest BCUT2D eigenvalue weighted by atomic mass is 19.4. The second-order valence-corrected chi connectivity index (χ2v) is 10.1. The average Bonchev–Trinajstić information content (AvgIpc) is 3.17. The number of amidine groups is 1. The summed E-state index contributed by atoms with van der Waals surface area (Å²) >= 11 is 0. The lowest BCUT2D eigenvalue weighted by Crippen LogP contribution is -2.53. The van der Waals surface area contributed by atoms with Gasteiger partial charge in [0.15, 0.2) is 0 Å². The zero-order valence-corrected chi connectivity index (χ0v) is 21.0. The lowest BCUT2D eigenvalue weighted by Gasteiger charge is -2.27. The van der Waals surface area contributed by atoms with Gasteiger partial charge in [0, 0.05) is 16.5 Å². The van der Waals surface area contributed by atoms with Gasteiger partial charge in [-0.25, -0.2) is 4.79 Å². The van der Waals surface area contributed by atoms with Crippen LogP contribution in [0.5, 0.6) is 0 Å². The summed E-state index contributed by atoms with van der Waals surface area (Å²) in [6, 6.07) is 14.8. The first-order valence-corrected chi connectivity index (χ1v) is 11.9. The Morgan fingerprint density at radius 1 is 0.947 bits per heavy atom. The van der Waals surface area contributed by atoms with E-state index in [0.717, 1.165) is 39.9 Å². The number of anilines is 2. The number of hydrogen-bond acceptors (Lipinski definition) is 4. The average molecular weight is 520 g/mol. The lowest BCUT2D eigenvalue weighted by atomic mass is 9.91. The molecule has 1 unspecified atom stereocenters. The van der Waals surface area contributed by atoms with E-state index in [9.17, 15) is 18.0 Å². The highest BCUT2D eigenvalue weighted by Gasteiger charge is 2.47. The Morgan fingerprint density at radius 3 is 2.39 bits per heavy atom. The Kier molecular flexibility index (Phi) is 5.96. The Hall–Kier alpha value is -4.28. The minimum Gasteiger partial charge on any atom is -0.308 e. The summed E-state index contributed by atoms with van der Waals surface area (Å²) in [6.45, 7) is 6.19. The van der Waals surface area contributed by atoms with Crippen molar-refractivity contribution >= 4 is 40.2 Å². The molecule has 2 heterocycles. The zero-order valence-electron chi connectivity index (χ0n) is 21.0. The van der Waals surface area contributed by atoms with E-state index in [1.165, 1.54) is 12.1 Å². The number of hydrogen-bond donors (Lipinski definition) is 3. The first-order valence-electron chi connectivity index (χ1n) is 11.9. The molecule has 38 heavy (non-hydrogen) atoms. The molecule has 2 amide bonds. The number of allylic oxidation sites excluding steroid dienone is 2. The maximum absolute atomic E-state index is 13.1. The van der Waals surface area contributed by atoms with Gasteiger partial charge in [0.1, 0.15) is 11.9 Å². The summed E-state index contributed by atoms with van der Waals surface area (Å²) in [5.41, 5.74) is 1.77. The number of fused-ring (bicyclic) bond motifs is 2. The molecule has 0 spiro atoms. The van der Waals surface area contributed by atoms with Gasteiger partial charge in [0.05, 0.1) is 29.2 Å². The molecule has 0 bridgehead atoms. The van der Waals surface area contributed by atoms with Crippen molar-refractivity contribution in [1.82, 2.24) is 0 Å². The van der Waals surface area contributed by atoms with Crippen LogP contribution in [0.15, 0.2) is 94.4 Å². The summed E-state index contributed by atoms with van der Waals surface area (Å²) in [4.78, 5) is 22.0. The molecule has 3 aromatic rings. The molecule has 7 nitrogen and oxygen atoms in total. The van der Waals surface area contributed by atoms with Crippen LogP contribution in [0.2, 0.25) is 0 Å². The van der Waals surface area contributed by atoms with Crippen LogP contribution in [0.4, 0.5) is 29.3 Å². The number of nitrogens with two attached hydrogens (primary N) is 1. The third kappa shape index (κ3) is 4.48. The molecule has 2 aliphatic rings. The molecule has 10 heteroatoms. The highest BCUT2D eigenvalue weighted by Crippen LogP contribution is 2.41. The fraction of sp³-hybridized carbons (Fsp3) is 0.179. The van der Waals surface area contributed by atoms with Gasteiger partial charge in [-0.2, -0.15) is 24.0 Å². The molecule has 0 radical (unpaired) electrons. The molecular formula is C28H26F3N6O+. The van der Waals surface area contributed by atoms with E-state index in [1.54, 1.807) is 24.7 Å². The second-order valence-electron chi connectivity index (χ2n) is 10.1. The number of alkyl halides is 3. The summed E-state index contributed by atoms with van der Waals surface area (Å²) in [6.07, 6.45) is 0.632. The molecule has 3 aromatic carbocycles. The van der Waals surface area contributed by atoms with E-state index in [0.29, 0.717) is 11.5 Å². The van der Waals surface area contributed by atoms with Crippen molar-refractivity contribution < 1.29 is 22.6 Å². The Morgan fingerprint density at radius 2 is 1.68 bits per heavy atom. The number of halogens is 3. The topological polar surface area (TPSA) is 91.9 Å². The van der Waals surface area contributed by atoms with Gasteiger partial charge in [-0.3, -0.25) is 4.99 Å². The Balaban J connectivity index is 1.50. The number of carbonyl (C=O) groups excluding carboxylic acids is 1. The van der Waals surface area contributed by atoms with Crippen molar-refractivity contribution in [3.63, 3.8) is 0 Å². The first kappa shape index (κ1) is 25.4. The smallest absolute Gasteiger partial charge is 0.308 e. The summed E-state index contributed by atoms with van der Waals surface area (Å²) in [7, 11) is 0. The van der Waals surface area contributed by atoms with Gasteiger partial charge in [0.2, 0.25) is 5.70 Å². The number of nitrogens with zero attached hydrogens (tertiary/aromatic N) is 3. The van der Waals surface area contributed by atoms with E-state index in [4.69, 9.17) is 10.8 Å². The molecule has 0 saturated heterocycles. The van der Waals surface area contributed by atoms with Crippen molar-refractivity contribution in [3.05, 3.63) is 95.6 Å². The van der Waals surface area contributed by atoms with Crippen LogP contribution >= 0.6 is 0 Å². The van der Waals surface area contributed by atoms with E-state index in [2.05, 4.69) is 36.4 Å². The Labute approximate surface area is 217 Å². The molecule has 2 aliphatic heterocycles. The maximum Gasteiger partial charge on any atom is 0.416 e. The van der Waals surface area contributed by atoms with E-state index < -0.39 is 17.8 Å². The van der Waals surface area contributed by atoms with Gasteiger partial charge >= 0.3 is 12.2 Å². The summed E-state index contributed by atoms with van der Waals surface area (Å²) in [5, 5.41) is 6.75. The van der Waals surface area contributed by atoms with Crippen LogP contribution < -0.4 is 16.5 Å². The second kappa shape index (κ2) is 8.93. The fourth-order valence-electron chi connectivity index (χ4n) is 4.57. The van der Waals surface area contributed by atoms with E-state index >= 15 is 0 Å². The molecule has 0 fully saturated rings. The molecule has 194 valence electrons. The van der Waals surface area contributed by atoms with Crippen LogP contribution in [-0.2, 0) is 6.18 Å².